The van der Waals surface area contributed by atoms with E-state index >= 15 is 0 Å². The van der Waals surface area contributed by atoms with Crippen LogP contribution in [0.4, 0.5) is 0 Å². The van der Waals surface area contributed by atoms with E-state index in [-0.39, 0.29) is 23.8 Å². The van der Waals surface area contributed by atoms with E-state index in [0.717, 1.165) is 111 Å². The maximum atomic E-state index is 14.0. The van der Waals surface area contributed by atoms with Crippen molar-refractivity contribution in [2.24, 2.45) is 5.92 Å². The molecule has 220 valence electrons. The predicted molar refractivity (Wildman–Crippen MR) is 169 cm³/mol. The van der Waals surface area contributed by atoms with Gasteiger partial charge in [-0.2, -0.15) is 0 Å². The Morgan fingerprint density at radius 2 is 1.56 bits per heavy atom. The van der Waals surface area contributed by atoms with Gasteiger partial charge in [-0.25, -0.2) is 0 Å². The fraction of sp³-hybridized carbons (Fsp3) is 0.543. The van der Waals surface area contributed by atoms with E-state index in [0.29, 0.717) is 6.04 Å². The minimum absolute atomic E-state index is 0.0655. The zero-order chi connectivity index (χ0) is 28.8. The molecule has 0 saturated carbocycles. The minimum Gasteiger partial charge on any atom is -0.353 e. The normalized spacial score (nSPS) is 19.6. The molecule has 6 nitrogen and oxygen atoms in total. The number of fused-ring (bicyclic) bond motifs is 2. The quantitative estimate of drug-likeness (QED) is 0.314. The molecular weight excluding hydrogens is 508 g/mol. The molecule has 2 atom stereocenters. The van der Waals surface area contributed by atoms with Gasteiger partial charge in [0.05, 0.1) is 11.5 Å². The van der Waals surface area contributed by atoms with Gasteiger partial charge in [0, 0.05) is 31.7 Å². The molecule has 0 bridgehead atoms. The molecule has 2 aliphatic rings. The van der Waals surface area contributed by atoms with Gasteiger partial charge < -0.3 is 15.1 Å². The van der Waals surface area contributed by atoms with E-state index in [1.807, 2.05) is 24.3 Å². The van der Waals surface area contributed by atoms with Gasteiger partial charge in [-0.3, -0.25) is 14.5 Å². The molecular formula is C35H48N4O2. The van der Waals surface area contributed by atoms with Crippen LogP contribution in [0.25, 0.3) is 21.5 Å². The Balaban J connectivity index is 1.16. The van der Waals surface area contributed by atoms with Crippen LogP contribution in [-0.2, 0) is 4.79 Å². The Bertz CT molecular complexity index is 1270. The molecule has 0 aromatic heterocycles. The summed E-state index contributed by atoms with van der Waals surface area (Å²) in [6.07, 6.45) is 6.10. The number of nitrogens with one attached hydrogen (secondary N) is 1. The smallest absolute Gasteiger partial charge is 0.255 e. The molecule has 41 heavy (non-hydrogen) atoms. The monoisotopic (exact) mass is 556 g/mol. The van der Waals surface area contributed by atoms with Crippen LogP contribution in [0, 0.1) is 5.92 Å². The molecule has 5 rings (SSSR count). The summed E-state index contributed by atoms with van der Waals surface area (Å²) in [6.45, 7) is 13.2. The Hall–Kier alpha value is -2.96. The third kappa shape index (κ3) is 6.92. The molecule has 0 aliphatic carbocycles. The minimum atomic E-state index is 0.0655. The van der Waals surface area contributed by atoms with E-state index in [1.54, 1.807) is 0 Å². The number of likely N-dealkylation sites (tertiary alicyclic amines) is 2. The summed E-state index contributed by atoms with van der Waals surface area (Å²) in [5.41, 5.74) is 0.832. The molecule has 2 amide bonds. The van der Waals surface area contributed by atoms with Gasteiger partial charge in [-0.15, -0.1) is 0 Å². The molecule has 2 fully saturated rings. The van der Waals surface area contributed by atoms with E-state index < -0.39 is 0 Å². The van der Waals surface area contributed by atoms with Gasteiger partial charge in [-0.1, -0.05) is 62.4 Å². The van der Waals surface area contributed by atoms with Crippen molar-refractivity contribution >= 4 is 33.4 Å². The van der Waals surface area contributed by atoms with Crippen molar-refractivity contribution in [3.05, 3.63) is 60.2 Å². The number of piperidine rings is 2. The standard InChI is InChI=1S/C35H48N4O2/c1-4-37(5-2)20-10-12-26(3)36-34(40)29-15-11-21-39(25-29)30-18-22-38(23-19-30)35(41)33-31-16-8-6-13-27(31)24-28-14-7-9-17-32(28)33/h6-9,13-14,16-17,24,26,29-30H,4-5,10-12,15,18-23,25H2,1-3H3,(H,36,40)/t26?,29-/m1/s1. The van der Waals surface area contributed by atoms with Crippen LogP contribution in [0.15, 0.2) is 54.6 Å². The second-order valence-electron chi connectivity index (χ2n) is 12.1. The van der Waals surface area contributed by atoms with Gasteiger partial charge in [0.25, 0.3) is 5.91 Å². The molecule has 1 unspecified atom stereocenters. The number of carbonyl (C=O) groups is 2. The SMILES string of the molecule is CCN(CC)CCCC(C)NC(=O)[C@@H]1CCCN(C2CCN(C(=O)c3c4ccccc4cc4ccccc34)CC2)C1. The van der Waals surface area contributed by atoms with Crippen LogP contribution >= 0.6 is 0 Å². The van der Waals surface area contributed by atoms with E-state index in [2.05, 4.69) is 71.1 Å². The average Bonchev–Trinajstić information content (AvgIpc) is 3.01. The number of carbonyl (C=O) groups excluding carboxylic acids is 2. The number of amides is 2. The maximum absolute atomic E-state index is 14.0. The van der Waals surface area contributed by atoms with Crippen molar-refractivity contribution in [2.45, 2.75) is 71.4 Å². The fourth-order valence-electron chi connectivity index (χ4n) is 6.98. The van der Waals surface area contributed by atoms with Gasteiger partial charge in [0.2, 0.25) is 5.91 Å². The third-order valence-electron chi connectivity index (χ3n) is 9.47. The van der Waals surface area contributed by atoms with Crippen LogP contribution in [0.1, 0.15) is 69.7 Å². The van der Waals surface area contributed by atoms with Crippen LogP contribution in [0.3, 0.4) is 0 Å². The second kappa shape index (κ2) is 13.8. The number of hydrogen-bond acceptors (Lipinski definition) is 4. The summed E-state index contributed by atoms with van der Waals surface area (Å²) >= 11 is 0. The molecule has 3 aromatic rings. The highest BCUT2D eigenvalue weighted by Crippen LogP contribution is 2.31. The summed E-state index contributed by atoms with van der Waals surface area (Å²) in [5, 5.41) is 7.60. The molecule has 2 heterocycles. The first-order valence-corrected chi connectivity index (χ1v) is 15.9. The van der Waals surface area contributed by atoms with Crippen molar-refractivity contribution in [1.29, 1.82) is 0 Å². The van der Waals surface area contributed by atoms with Crippen molar-refractivity contribution in [1.82, 2.24) is 20.0 Å². The van der Waals surface area contributed by atoms with Crippen LogP contribution in [0.2, 0.25) is 0 Å². The largest absolute Gasteiger partial charge is 0.353 e. The molecule has 1 N–H and O–H groups in total. The van der Waals surface area contributed by atoms with Crippen molar-refractivity contribution in [3.8, 4) is 0 Å². The Labute approximate surface area is 246 Å². The molecule has 3 aromatic carbocycles. The lowest BCUT2D eigenvalue weighted by molar-refractivity contribution is -0.127. The number of benzene rings is 3. The van der Waals surface area contributed by atoms with Crippen molar-refractivity contribution < 1.29 is 9.59 Å². The van der Waals surface area contributed by atoms with Gasteiger partial charge in [0.15, 0.2) is 0 Å². The van der Waals surface area contributed by atoms with E-state index in [4.69, 9.17) is 0 Å². The van der Waals surface area contributed by atoms with Crippen molar-refractivity contribution in [2.75, 3.05) is 45.8 Å². The Morgan fingerprint density at radius 3 is 2.20 bits per heavy atom. The van der Waals surface area contributed by atoms with E-state index in [9.17, 15) is 9.59 Å². The zero-order valence-corrected chi connectivity index (χ0v) is 25.3. The summed E-state index contributed by atoms with van der Waals surface area (Å²) < 4.78 is 0. The zero-order valence-electron chi connectivity index (χ0n) is 25.3. The lowest BCUT2D eigenvalue weighted by Crippen LogP contribution is -2.52. The average molecular weight is 557 g/mol. The molecule has 0 radical (unpaired) electrons. The summed E-state index contributed by atoms with van der Waals surface area (Å²) in [4.78, 5) is 34.1. The topological polar surface area (TPSA) is 55.9 Å². The summed E-state index contributed by atoms with van der Waals surface area (Å²) in [6, 6.07) is 19.3. The maximum Gasteiger partial charge on any atom is 0.255 e. The van der Waals surface area contributed by atoms with Gasteiger partial charge in [-0.05, 0) is 99.2 Å². The lowest BCUT2D eigenvalue weighted by atomic mass is 9.92. The van der Waals surface area contributed by atoms with Gasteiger partial charge in [0.1, 0.15) is 0 Å². The predicted octanol–water partition coefficient (Wildman–Crippen LogP) is 5.94. The van der Waals surface area contributed by atoms with Crippen molar-refractivity contribution in [3.63, 3.8) is 0 Å². The highest BCUT2D eigenvalue weighted by atomic mass is 16.2. The first-order chi connectivity index (χ1) is 20.0. The fourth-order valence-corrected chi connectivity index (χ4v) is 6.98. The first-order valence-electron chi connectivity index (χ1n) is 15.9. The van der Waals surface area contributed by atoms with Crippen LogP contribution in [0.5, 0.6) is 0 Å². The van der Waals surface area contributed by atoms with Crippen LogP contribution in [-0.4, -0.2) is 84.4 Å². The van der Waals surface area contributed by atoms with Gasteiger partial charge >= 0.3 is 0 Å². The summed E-state index contributed by atoms with van der Waals surface area (Å²) in [7, 11) is 0. The molecule has 0 spiro atoms. The second-order valence-corrected chi connectivity index (χ2v) is 12.1. The van der Waals surface area contributed by atoms with E-state index in [1.165, 1.54) is 0 Å². The third-order valence-corrected chi connectivity index (χ3v) is 9.47. The highest BCUT2D eigenvalue weighted by molar-refractivity contribution is 6.18. The first kappa shape index (κ1) is 29.5. The number of rotatable bonds is 10. The number of hydrogen-bond donors (Lipinski definition) is 1. The molecule has 2 saturated heterocycles. The Morgan fingerprint density at radius 1 is 0.927 bits per heavy atom. The lowest BCUT2D eigenvalue weighted by Gasteiger charge is -2.42. The Kier molecular flexibility index (Phi) is 9.94. The summed E-state index contributed by atoms with van der Waals surface area (Å²) in [5.74, 6) is 0.429. The van der Waals surface area contributed by atoms with Crippen LogP contribution < -0.4 is 5.32 Å². The molecule has 6 heteroatoms. The number of nitrogens with zero attached hydrogens (tertiary/aromatic N) is 3. The molecule has 2 aliphatic heterocycles. The highest BCUT2D eigenvalue weighted by Gasteiger charge is 2.33.